The van der Waals surface area contributed by atoms with Crippen molar-refractivity contribution in [2.75, 3.05) is 36.0 Å². The molecule has 0 aliphatic carbocycles. The Kier molecular flexibility index (Phi) is 6.31. The number of aromatic nitrogens is 5. The van der Waals surface area contributed by atoms with E-state index in [0.29, 0.717) is 61.2 Å². The number of fused-ring (bicyclic) bond motifs is 1. The number of halogens is 2. The minimum atomic E-state index is -0.945. The first-order valence-electron chi connectivity index (χ1n) is 13.2. The first kappa shape index (κ1) is 26.0. The monoisotopic (exact) mass is 552 g/mol. The third-order valence-electron chi connectivity index (χ3n) is 7.76. The Morgan fingerprint density at radius 2 is 1.95 bits per heavy atom. The maximum Gasteiger partial charge on any atom is 0.407 e. The van der Waals surface area contributed by atoms with E-state index in [4.69, 9.17) is 9.40 Å². The van der Waals surface area contributed by atoms with Gasteiger partial charge < -0.3 is 24.2 Å². The van der Waals surface area contributed by atoms with E-state index in [2.05, 4.69) is 15.3 Å². The van der Waals surface area contributed by atoms with Gasteiger partial charge in [0.2, 0.25) is 0 Å². The number of amides is 1. The second kappa shape index (κ2) is 9.72. The zero-order chi connectivity index (χ0) is 28.2. The van der Waals surface area contributed by atoms with Crippen molar-refractivity contribution in [2.24, 2.45) is 5.41 Å². The highest BCUT2D eigenvalue weighted by molar-refractivity contribution is 5.72. The summed E-state index contributed by atoms with van der Waals surface area (Å²) in [5.74, 6) is -0.0782. The molecule has 1 amide bonds. The van der Waals surface area contributed by atoms with E-state index in [0.717, 1.165) is 18.6 Å². The maximum absolute atomic E-state index is 14.6. The average molecular weight is 553 g/mol. The second-order valence-corrected chi connectivity index (χ2v) is 11.3. The minimum absolute atomic E-state index is 0.233. The molecule has 2 saturated heterocycles. The molecule has 0 bridgehead atoms. The van der Waals surface area contributed by atoms with Crippen LogP contribution in [0.15, 0.2) is 41.1 Å². The van der Waals surface area contributed by atoms with E-state index in [1.54, 1.807) is 23.0 Å². The maximum atomic E-state index is 14.6. The fourth-order valence-corrected chi connectivity index (χ4v) is 5.68. The van der Waals surface area contributed by atoms with Crippen molar-refractivity contribution in [3.63, 3.8) is 0 Å². The van der Waals surface area contributed by atoms with Crippen molar-refractivity contribution in [1.29, 1.82) is 0 Å². The Morgan fingerprint density at radius 3 is 2.73 bits per heavy atom. The number of piperazine rings is 1. The van der Waals surface area contributed by atoms with Crippen LogP contribution in [-0.4, -0.2) is 73.1 Å². The number of carbonyl (C=O) groups is 1. The summed E-state index contributed by atoms with van der Waals surface area (Å²) in [6.45, 7) is 7.83. The molecule has 2 fully saturated rings. The molecule has 2 aliphatic rings. The third-order valence-corrected chi connectivity index (χ3v) is 7.76. The molecule has 1 unspecified atom stereocenters. The lowest BCUT2D eigenvalue weighted by Crippen LogP contribution is -2.59. The minimum Gasteiger partial charge on any atom is -0.465 e. The largest absolute Gasteiger partial charge is 0.465 e. The van der Waals surface area contributed by atoms with Gasteiger partial charge in [0, 0.05) is 37.9 Å². The van der Waals surface area contributed by atoms with Crippen LogP contribution in [-0.2, 0) is 0 Å². The van der Waals surface area contributed by atoms with Crippen molar-refractivity contribution in [1.82, 2.24) is 29.7 Å². The molecule has 40 heavy (non-hydrogen) atoms. The molecule has 1 N–H and O–H groups in total. The van der Waals surface area contributed by atoms with Gasteiger partial charge in [-0.1, -0.05) is 25.9 Å². The van der Waals surface area contributed by atoms with E-state index < -0.39 is 17.7 Å². The molecule has 2 aliphatic heterocycles. The number of anilines is 2. The SMILES string of the molecule is CC(C)(C)[C@@H]1CN(c2nnc(-c3cnn4ccc(N5CCCC5c5cc(F)ccc5F)nc34)o2)CCN1C(=O)O. The summed E-state index contributed by atoms with van der Waals surface area (Å²) in [5.41, 5.74) is 1.04. The van der Waals surface area contributed by atoms with Gasteiger partial charge in [-0.2, -0.15) is 5.10 Å². The zero-order valence-electron chi connectivity index (χ0n) is 22.5. The molecular formula is C27H30F2N8O3. The quantitative estimate of drug-likeness (QED) is 0.387. The van der Waals surface area contributed by atoms with Crippen LogP contribution in [0.25, 0.3) is 17.1 Å². The molecule has 210 valence electrons. The van der Waals surface area contributed by atoms with Crippen LogP contribution in [0.1, 0.15) is 45.2 Å². The molecule has 13 heteroatoms. The van der Waals surface area contributed by atoms with Gasteiger partial charge in [0.25, 0.3) is 5.89 Å². The number of carboxylic acid groups (broad SMARTS) is 1. The molecule has 0 saturated carbocycles. The number of hydrogen-bond donors (Lipinski definition) is 1. The highest BCUT2D eigenvalue weighted by atomic mass is 19.1. The third kappa shape index (κ3) is 4.58. The van der Waals surface area contributed by atoms with Crippen LogP contribution in [0.5, 0.6) is 0 Å². The van der Waals surface area contributed by atoms with E-state index in [-0.39, 0.29) is 23.4 Å². The normalized spacial score (nSPS) is 20.1. The molecular weight excluding hydrogens is 522 g/mol. The Labute approximate surface area is 229 Å². The molecule has 11 nitrogen and oxygen atoms in total. The zero-order valence-corrected chi connectivity index (χ0v) is 22.5. The first-order chi connectivity index (χ1) is 19.1. The van der Waals surface area contributed by atoms with Gasteiger partial charge >= 0.3 is 12.1 Å². The van der Waals surface area contributed by atoms with Crippen molar-refractivity contribution in [2.45, 2.75) is 45.7 Å². The van der Waals surface area contributed by atoms with E-state index >= 15 is 0 Å². The lowest BCUT2D eigenvalue weighted by Gasteiger charge is -2.45. The fourth-order valence-electron chi connectivity index (χ4n) is 5.68. The average Bonchev–Trinajstić information content (AvgIpc) is 3.68. The molecule has 6 rings (SSSR count). The summed E-state index contributed by atoms with van der Waals surface area (Å²) in [7, 11) is 0. The highest BCUT2D eigenvalue weighted by Crippen LogP contribution is 2.37. The van der Waals surface area contributed by atoms with Gasteiger partial charge in [0.15, 0.2) is 5.65 Å². The summed E-state index contributed by atoms with van der Waals surface area (Å²) in [5, 5.41) is 22.5. The summed E-state index contributed by atoms with van der Waals surface area (Å²) in [4.78, 5) is 21.9. The Morgan fingerprint density at radius 1 is 1.12 bits per heavy atom. The van der Waals surface area contributed by atoms with E-state index in [1.807, 2.05) is 30.6 Å². The lowest BCUT2D eigenvalue weighted by atomic mass is 9.84. The standard InChI is InChI=1S/C27H30F2N8O3/c1-27(2,3)21-15-34(11-12-36(21)26(38)39)25-33-32-24(40-25)18-14-30-37-10-8-22(31-23(18)37)35-9-4-5-20(35)17-13-16(28)6-7-19(17)29/h6-8,10,13-14,20-21H,4-5,9,11-12,15H2,1-3H3,(H,38,39)/t20?,21-/m0/s1. The lowest BCUT2D eigenvalue weighted by molar-refractivity contribution is 0.0737. The van der Waals surface area contributed by atoms with Gasteiger partial charge in [-0.05, 0) is 42.5 Å². The fraction of sp³-hybridized carbons (Fsp3) is 0.444. The van der Waals surface area contributed by atoms with Gasteiger partial charge in [-0.3, -0.25) is 0 Å². The van der Waals surface area contributed by atoms with Gasteiger partial charge in [0.1, 0.15) is 23.0 Å². The molecule has 0 spiro atoms. The topological polar surface area (TPSA) is 116 Å². The molecule has 2 atom stereocenters. The second-order valence-electron chi connectivity index (χ2n) is 11.3. The van der Waals surface area contributed by atoms with Crippen LogP contribution in [0.2, 0.25) is 0 Å². The molecule has 3 aromatic heterocycles. The van der Waals surface area contributed by atoms with Gasteiger partial charge in [-0.25, -0.2) is 23.1 Å². The van der Waals surface area contributed by atoms with Crippen molar-refractivity contribution in [3.8, 4) is 11.5 Å². The Hall–Kier alpha value is -4.29. The van der Waals surface area contributed by atoms with Crippen LogP contribution in [0.3, 0.4) is 0 Å². The summed E-state index contributed by atoms with van der Waals surface area (Å²) >= 11 is 0. The summed E-state index contributed by atoms with van der Waals surface area (Å²) in [6, 6.07) is 5.03. The number of rotatable bonds is 4. The van der Waals surface area contributed by atoms with Crippen molar-refractivity contribution < 1.29 is 23.1 Å². The smallest absolute Gasteiger partial charge is 0.407 e. The molecule has 4 aromatic rings. The van der Waals surface area contributed by atoms with Gasteiger partial charge in [-0.15, -0.1) is 5.10 Å². The van der Waals surface area contributed by atoms with E-state index in [1.165, 1.54) is 11.0 Å². The van der Waals surface area contributed by atoms with E-state index in [9.17, 15) is 18.7 Å². The first-order valence-corrected chi connectivity index (χ1v) is 13.2. The van der Waals surface area contributed by atoms with Crippen LogP contribution >= 0.6 is 0 Å². The number of benzene rings is 1. The Balaban J connectivity index is 1.29. The van der Waals surface area contributed by atoms with Crippen LogP contribution in [0.4, 0.5) is 25.4 Å². The Bertz CT molecular complexity index is 1560. The number of nitrogens with zero attached hydrogens (tertiary/aromatic N) is 8. The molecule has 5 heterocycles. The van der Waals surface area contributed by atoms with Crippen LogP contribution in [0, 0.1) is 17.0 Å². The molecule has 1 aromatic carbocycles. The predicted molar refractivity (Wildman–Crippen MR) is 142 cm³/mol. The van der Waals surface area contributed by atoms with Crippen molar-refractivity contribution >= 4 is 23.6 Å². The predicted octanol–water partition coefficient (Wildman–Crippen LogP) is 4.61. The van der Waals surface area contributed by atoms with Crippen LogP contribution < -0.4 is 9.80 Å². The summed E-state index contributed by atoms with van der Waals surface area (Å²) in [6.07, 6.45) is 3.90. The van der Waals surface area contributed by atoms with Crippen molar-refractivity contribution in [3.05, 3.63) is 53.9 Å². The van der Waals surface area contributed by atoms with Gasteiger partial charge in [0.05, 0.1) is 18.3 Å². The molecule has 0 radical (unpaired) electrons. The summed E-state index contributed by atoms with van der Waals surface area (Å²) < 4.78 is 36.2. The highest BCUT2D eigenvalue weighted by Gasteiger charge is 2.39. The number of hydrogen-bond acceptors (Lipinski definition) is 8.